The number of aromatic nitrogens is 3. The topological polar surface area (TPSA) is 51.8 Å². The van der Waals surface area contributed by atoms with E-state index in [1.807, 2.05) is 24.3 Å². The molecule has 3 aromatic heterocycles. The maximum absolute atomic E-state index is 6.76. The Hall–Kier alpha value is -6.69. The molecule has 0 N–H and O–H groups in total. The average molecular weight is 682 g/mol. The van der Waals surface area contributed by atoms with Crippen LogP contribution in [0.15, 0.2) is 168 Å². The molecular formula is C47H27N3OS. The molecule has 0 aliphatic carbocycles. The van der Waals surface area contributed by atoms with E-state index in [-0.39, 0.29) is 0 Å². The first-order valence-electron chi connectivity index (χ1n) is 17.4. The molecule has 0 atom stereocenters. The van der Waals surface area contributed by atoms with E-state index >= 15 is 0 Å². The highest BCUT2D eigenvalue weighted by Gasteiger charge is 2.22. The highest BCUT2D eigenvalue weighted by molar-refractivity contribution is 7.25. The minimum absolute atomic E-state index is 0.621. The van der Waals surface area contributed by atoms with E-state index in [2.05, 4.69) is 140 Å². The largest absolute Gasteiger partial charge is 0.455 e. The van der Waals surface area contributed by atoms with Gasteiger partial charge in [0.2, 0.25) is 0 Å². The smallest absolute Gasteiger partial charge is 0.164 e. The van der Waals surface area contributed by atoms with Crippen molar-refractivity contribution in [1.29, 1.82) is 0 Å². The van der Waals surface area contributed by atoms with Crippen molar-refractivity contribution in [3.8, 4) is 45.3 Å². The van der Waals surface area contributed by atoms with Crippen LogP contribution in [0.5, 0.6) is 0 Å². The van der Waals surface area contributed by atoms with E-state index in [0.29, 0.717) is 17.5 Å². The second kappa shape index (κ2) is 11.4. The van der Waals surface area contributed by atoms with Gasteiger partial charge in [-0.3, -0.25) is 0 Å². The predicted octanol–water partition coefficient (Wildman–Crippen LogP) is 13.1. The second-order valence-electron chi connectivity index (χ2n) is 13.1. The maximum atomic E-state index is 6.76. The van der Waals surface area contributed by atoms with Gasteiger partial charge >= 0.3 is 0 Å². The molecule has 0 aliphatic heterocycles. The first kappa shape index (κ1) is 29.1. The van der Waals surface area contributed by atoms with Crippen molar-refractivity contribution < 1.29 is 4.42 Å². The molecule has 0 spiro atoms. The van der Waals surface area contributed by atoms with Crippen LogP contribution < -0.4 is 0 Å². The third-order valence-electron chi connectivity index (χ3n) is 10.1. The minimum atomic E-state index is 0.621. The van der Waals surface area contributed by atoms with Gasteiger partial charge in [0.15, 0.2) is 17.5 Å². The monoisotopic (exact) mass is 681 g/mol. The molecule has 0 saturated heterocycles. The van der Waals surface area contributed by atoms with Gasteiger partial charge in [0, 0.05) is 53.0 Å². The number of fused-ring (bicyclic) bond motifs is 10. The van der Waals surface area contributed by atoms with E-state index in [9.17, 15) is 0 Å². The van der Waals surface area contributed by atoms with E-state index in [1.165, 1.54) is 30.9 Å². The summed E-state index contributed by atoms with van der Waals surface area (Å²) in [6.07, 6.45) is 0. The molecule has 0 aliphatic rings. The molecule has 0 amide bonds. The van der Waals surface area contributed by atoms with Gasteiger partial charge in [-0.15, -0.1) is 11.3 Å². The number of benzene rings is 8. The number of nitrogens with zero attached hydrogens (tertiary/aromatic N) is 3. The molecule has 4 nitrogen and oxygen atoms in total. The number of thiophene rings is 1. The van der Waals surface area contributed by atoms with Crippen LogP contribution >= 0.6 is 11.3 Å². The van der Waals surface area contributed by atoms with Crippen molar-refractivity contribution >= 4 is 75.0 Å². The van der Waals surface area contributed by atoms with Gasteiger partial charge in [-0.25, -0.2) is 15.0 Å². The Bertz CT molecular complexity index is 3200. The van der Waals surface area contributed by atoms with Crippen molar-refractivity contribution in [3.63, 3.8) is 0 Å². The summed E-state index contributed by atoms with van der Waals surface area (Å²) in [6, 6.07) is 57.2. The molecule has 0 bridgehead atoms. The molecule has 0 unspecified atom stereocenters. The molecule has 0 radical (unpaired) electrons. The predicted molar refractivity (Wildman–Crippen MR) is 217 cm³/mol. The molecule has 11 aromatic rings. The van der Waals surface area contributed by atoms with Gasteiger partial charge < -0.3 is 4.42 Å². The molecule has 11 rings (SSSR count). The fourth-order valence-electron chi connectivity index (χ4n) is 7.80. The first-order valence-corrected chi connectivity index (χ1v) is 18.2. The molecule has 5 heteroatoms. The lowest BCUT2D eigenvalue weighted by Gasteiger charge is -2.14. The summed E-state index contributed by atoms with van der Waals surface area (Å²) in [6.45, 7) is 0. The fourth-order valence-corrected chi connectivity index (χ4v) is 8.93. The molecule has 242 valence electrons. The number of rotatable bonds is 4. The molecule has 8 aromatic carbocycles. The lowest BCUT2D eigenvalue weighted by Crippen LogP contribution is -2.01. The van der Waals surface area contributed by atoms with Crippen LogP contribution in [0, 0.1) is 0 Å². The molecular weight excluding hydrogens is 655 g/mol. The fraction of sp³-hybridized carbons (Fsp3) is 0. The number of para-hydroxylation sites is 1. The number of hydrogen-bond acceptors (Lipinski definition) is 5. The standard InChI is InChI=1S/C47H27N3OS/c1-2-14-29(15-3-1)45-48-46(50-47(49-45)36-21-12-24-40-42(36)35-20-9-11-23-39(35)52-40)33-18-7-6-17-32(33)37-27-30-26-25-28-13-4-5-16-31(28)41(30)44-43(37)34-19-8-10-22-38(34)51-44/h1-27H. The molecule has 0 saturated carbocycles. The van der Waals surface area contributed by atoms with E-state index in [1.54, 1.807) is 11.3 Å². The van der Waals surface area contributed by atoms with Gasteiger partial charge in [-0.1, -0.05) is 140 Å². The Morgan fingerprint density at radius 3 is 1.90 bits per heavy atom. The van der Waals surface area contributed by atoms with Crippen molar-refractivity contribution in [3.05, 3.63) is 164 Å². The zero-order valence-electron chi connectivity index (χ0n) is 27.7. The summed E-state index contributed by atoms with van der Waals surface area (Å²) in [4.78, 5) is 15.7. The summed E-state index contributed by atoms with van der Waals surface area (Å²) in [5.41, 5.74) is 6.72. The quantitative estimate of drug-likeness (QED) is 0.174. The Balaban J connectivity index is 1.22. The summed E-state index contributed by atoms with van der Waals surface area (Å²) >= 11 is 1.80. The molecule has 3 heterocycles. The maximum Gasteiger partial charge on any atom is 0.164 e. The van der Waals surface area contributed by atoms with Crippen molar-refractivity contribution in [2.45, 2.75) is 0 Å². The average Bonchev–Trinajstić information content (AvgIpc) is 3.80. The second-order valence-corrected chi connectivity index (χ2v) is 14.2. The SMILES string of the molecule is c1ccc(-c2nc(-c3ccccc3-c3cc4ccc5ccccc5c4c4oc5ccccc5c34)nc(-c3cccc4sc5ccccc5c34)n2)cc1. The van der Waals surface area contributed by atoms with Crippen LogP contribution in [-0.2, 0) is 0 Å². The Kier molecular flexibility index (Phi) is 6.39. The number of hydrogen-bond donors (Lipinski definition) is 0. The lowest BCUT2D eigenvalue weighted by molar-refractivity contribution is 0.673. The third-order valence-corrected chi connectivity index (χ3v) is 11.3. The highest BCUT2D eigenvalue weighted by atomic mass is 32.1. The van der Waals surface area contributed by atoms with Crippen LogP contribution in [0.1, 0.15) is 0 Å². The van der Waals surface area contributed by atoms with Crippen LogP contribution in [-0.4, -0.2) is 15.0 Å². The van der Waals surface area contributed by atoms with Crippen LogP contribution in [0.2, 0.25) is 0 Å². The highest BCUT2D eigenvalue weighted by Crippen LogP contribution is 2.46. The van der Waals surface area contributed by atoms with E-state index in [0.717, 1.165) is 60.5 Å². The van der Waals surface area contributed by atoms with Crippen molar-refractivity contribution in [1.82, 2.24) is 15.0 Å². The van der Waals surface area contributed by atoms with Gasteiger partial charge in [-0.05, 0) is 51.6 Å². The lowest BCUT2D eigenvalue weighted by atomic mass is 9.90. The van der Waals surface area contributed by atoms with Crippen LogP contribution in [0.25, 0.3) is 109 Å². The van der Waals surface area contributed by atoms with Crippen LogP contribution in [0.4, 0.5) is 0 Å². The Labute approximate surface area is 302 Å². The van der Waals surface area contributed by atoms with Crippen LogP contribution in [0.3, 0.4) is 0 Å². The van der Waals surface area contributed by atoms with Gasteiger partial charge in [-0.2, -0.15) is 0 Å². The zero-order valence-corrected chi connectivity index (χ0v) is 28.6. The van der Waals surface area contributed by atoms with Crippen molar-refractivity contribution in [2.24, 2.45) is 0 Å². The molecule has 0 fully saturated rings. The van der Waals surface area contributed by atoms with Crippen molar-refractivity contribution in [2.75, 3.05) is 0 Å². The Morgan fingerprint density at radius 1 is 0.385 bits per heavy atom. The first-order chi connectivity index (χ1) is 25.8. The van der Waals surface area contributed by atoms with Gasteiger partial charge in [0.05, 0.1) is 0 Å². The zero-order chi connectivity index (χ0) is 34.2. The summed E-state index contributed by atoms with van der Waals surface area (Å²) in [5, 5.41) is 9.13. The molecule has 52 heavy (non-hydrogen) atoms. The summed E-state index contributed by atoms with van der Waals surface area (Å²) in [7, 11) is 0. The summed E-state index contributed by atoms with van der Waals surface area (Å²) in [5.74, 6) is 1.91. The minimum Gasteiger partial charge on any atom is -0.455 e. The van der Waals surface area contributed by atoms with Gasteiger partial charge in [0.1, 0.15) is 11.2 Å². The summed E-state index contributed by atoms with van der Waals surface area (Å²) < 4.78 is 9.22. The third kappa shape index (κ3) is 4.43. The van der Waals surface area contributed by atoms with Gasteiger partial charge in [0.25, 0.3) is 0 Å². The Morgan fingerprint density at radius 2 is 1.02 bits per heavy atom. The van der Waals surface area contributed by atoms with E-state index in [4.69, 9.17) is 19.4 Å². The number of furan rings is 1. The van der Waals surface area contributed by atoms with E-state index < -0.39 is 0 Å². The normalized spacial score (nSPS) is 11.8.